The second kappa shape index (κ2) is 6.30. The third kappa shape index (κ3) is 3.44. The molecule has 1 aliphatic heterocycles. The van der Waals surface area contributed by atoms with Gasteiger partial charge in [-0.05, 0) is 0 Å². The first kappa shape index (κ1) is 15.6. The number of rotatable bonds is 4. The zero-order chi connectivity index (χ0) is 14.8. The molecule has 1 atom stereocenters. The average molecular weight is 507 g/mol. The van der Waals surface area contributed by atoms with Crippen LogP contribution in [0, 0.1) is 3.57 Å². The first-order valence-electron chi connectivity index (χ1n) is 5.55. The Labute approximate surface area is 133 Å². The Morgan fingerprint density at radius 1 is 1.50 bits per heavy atom. The molecule has 0 radical (unpaired) electrons. The molecule has 0 fully saturated rings. The zero-order valence-electron chi connectivity index (χ0n) is 10.1. The van der Waals surface area contributed by atoms with E-state index in [9.17, 15) is 16.1 Å². The summed E-state index contributed by atoms with van der Waals surface area (Å²) >= 11 is -2.62. The van der Waals surface area contributed by atoms with Crippen LogP contribution in [0.25, 0.3) is 0 Å². The Morgan fingerprint density at radius 2 is 2.25 bits per heavy atom. The Balaban J connectivity index is 2.09. The molecule has 0 aromatic heterocycles. The van der Waals surface area contributed by atoms with Crippen LogP contribution in [0.2, 0.25) is 0 Å². The number of ether oxygens (including phenoxy) is 1. The second-order valence-electron chi connectivity index (χ2n) is 3.80. The molecule has 1 aromatic rings. The number of alkyl halides is 1. The van der Waals surface area contributed by atoms with Crippen LogP contribution in [0.15, 0.2) is 18.2 Å². The first-order valence-corrected chi connectivity index (χ1v) is 10.9. The molecule has 2 N–H and O–H groups in total. The number of carbonyl (C=O) groups is 2. The first-order chi connectivity index (χ1) is 9.44. The minimum atomic E-state index is -4.81. The molecule has 0 bridgehead atoms. The molecule has 1 amide bonds. The number of nitrogens with one attached hydrogen (secondary N) is 1. The molecular weight excluding hydrogens is 496 g/mol. The summed E-state index contributed by atoms with van der Waals surface area (Å²) in [6, 6.07) is 3.86. The van der Waals surface area contributed by atoms with E-state index in [4.69, 9.17) is 4.74 Å². The van der Waals surface area contributed by atoms with Crippen molar-refractivity contribution in [2.75, 3.05) is 11.0 Å². The van der Waals surface area contributed by atoms with Crippen molar-refractivity contribution in [2.45, 2.75) is 6.42 Å². The maximum absolute atomic E-state index is 11.6. The van der Waals surface area contributed by atoms with Gasteiger partial charge >= 0.3 is 134 Å². The van der Waals surface area contributed by atoms with Crippen molar-refractivity contribution in [1.29, 1.82) is 0 Å². The van der Waals surface area contributed by atoms with E-state index in [0.717, 1.165) is 10.8 Å². The van der Waals surface area contributed by atoms with Crippen molar-refractivity contribution in [3.05, 3.63) is 27.3 Å². The number of hydrogen-bond acceptors (Lipinski definition) is 5. The van der Waals surface area contributed by atoms with Crippen molar-refractivity contribution in [2.24, 2.45) is 0 Å². The third-order valence-corrected chi connectivity index (χ3v) is 6.55. The summed E-state index contributed by atoms with van der Waals surface area (Å²) in [5.41, 5.74) is -0.0311. The Hall–Kier alpha value is -0.820. The van der Waals surface area contributed by atoms with Crippen LogP contribution >= 0.6 is 41.8 Å². The number of fused-ring (bicyclic) bond motifs is 1. The molecule has 7 nitrogen and oxygen atoms in total. The van der Waals surface area contributed by atoms with E-state index in [-0.39, 0.29) is 14.9 Å². The summed E-state index contributed by atoms with van der Waals surface area (Å²) < 4.78 is 31.4. The van der Waals surface area contributed by atoms with Crippen LogP contribution in [-0.2, 0) is 6.14 Å². The summed E-state index contributed by atoms with van der Waals surface area (Å²) in [6.45, 7) is 0.490. The van der Waals surface area contributed by atoms with Crippen LogP contribution in [0.1, 0.15) is 16.8 Å². The van der Waals surface area contributed by atoms with E-state index < -0.39 is 31.3 Å². The fraction of sp³-hybridized carbons (Fsp3) is 0.273. The number of amides is 1. The molecule has 0 saturated carbocycles. The molecule has 0 spiro atoms. The summed E-state index contributed by atoms with van der Waals surface area (Å²) in [7, 11) is 0. The number of carbonyl (C=O) groups excluding carboxylic acids is 2. The molecule has 1 heterocycles. The van der Waals surface area contributed by atoms with Crippen molar-refractivity contribution in [1.82, 2.24) is 5.32 Å². The Morgan fingerprint density at radius 3 is 2.95 bits per heavy atom. The number of benzene rings is 1. The molecule has 9 heteroatoms. The van der Waals surface area contributed by atoms with Gasteiger partial charge in [0, 0.05) is 0 Å². The average Bonchev–Trinajstić information content (AvgIpc) is 2.60. The zero-order valence-corrected chi connectivity index (χ0v) is 14.4. The number of halogens is 2. The second-order valence-corrected chi connectivity index (χ2v) is 9.00. The van der Waals surface area contributed by atoms with Gasteiger partial charge in [-0.25, -0.2) is 0 Å². The predicted molar refractivity (Wildman–Crippen MR) is 85.0 cm³/mol. The normalized spacial score (nSPS) is 23.4. The Kier molecular flexibility index (Phi) is 4.90. The topological polar surface area (TPSA) is 102 Å². The van der Waals surface area contributed by atoms with E-state index in [1.54, 1.807) is 0 Å². The van der Waals surface area contributed by atoms with Crippen molar-refractivity contribution >= 4 is 53.9 Å². The van der Waals surface area contributed by atoms with Gasteiger partial charge in [0.05, 0.1) is 0 Å². The van der Waals surface area contributed by atoms with Crippen LogP contribution in [0.5, 0.6) is 5.75 Å². The molecule has 2 rings (SSSR count). The predicted octanol–water partition coefficient (Wildman–Crippen LogP) is 2.15. The van der Waals surface area contributed by atoms with Gasteiger partial charge in [-0.3, -0.25) is 0 Å². The van der Waals surface area contributed by atoms with Crippen molar-refractivity contribution in [3.63, 3.8) is 0 Å². The molecule has 1 aromatic carbocycles. The quantitative estimate of drug-likeness (QED) is 0.368. The van der Waals surface area contributed by atoms with Gasteiger partial charge in [0.2, 0.25) is 0 Å². The van der Waals surface area contributed by atoms with Gasteiger partial charge in [0.15, 0.2) is 0 Å². The monoisotopic (exact) mass is 507 g/mol. The standard InChI is InChI=1S/C11H11I2NO6/c12-4-1-5-14-11(16)19-7-2-3-9-8(6-7)10(15)20-13(9,17)18/h2-3,6H,1,4-5H2,(H,14,16)(H,17,18). The van der Waals surface area contributed by atoms with E-state index in [2.05, 4.69) is 31.0 Å². The van der Waals surface area contributed by atoms with E-state index in [1.807, 2.05) is 0 Å². The van der Waals surface area contributed by atoms with Gasteiger partial charge in [-0.2, -0.15) is 0 Å². The SMILES string of the molecule is O=C(NCCCI)Oc1ccc2c(c1)C(=O)OI2(=O)O. The molecule has 0 saturated heterocycles. The van der Waals surface area contributed by atoms with Gasteiger partial charge in [-0.1, -0.05) is 0 Å². The van der Waals surface area contributed by atoms with Crippen molar-refractivity contribution in [3.8, 4) is 5.75 Å². The molecule has 110 valence electrons. The summed E-state index contributed by atoms with van der Waals surface area (Å²) in [5, 5.41) is 2.55. The van der Waals surface area contributed by atoms with Gasteiger partial charge < -0.3 is 0 Å². The van der Waals surface area contributed by atoms with E-state index >= 15 is 0 Å². The van der Waals surface area contributed by atoms with Gasteiger partial charge in [0.1, 0.15) is 0 Å². The summed E-state index contributed by atoms with van der Waals surface area (Å²) in [4.78, 5) is 22.9. The minimum absolute atomic E-state index is 0.0143. The molecule has 20 heavy (non-hydrogen) atoms. The van der Waals surface area contributed by atoms with E-state index in [0.29, 0.717) is 6.54 Å². The fourth-order valence-corrected chi connectivity index (χ4v) is 4.65. The van der Waals surface area contributed by atoms with Crippen molar-refractivity contribution < 1.29 is 23.9 Å². The third-order valence-electron chi connectivity index (χ3n) is 2.38. The van der Waals surface area contributed by atoms with Crippen LogP contribution in [-0.4, -0.2) is 26.5 Å². The summed E-state index contributed by atoms with van der Waals surface area (Å²) in [6.07, 6.45) is 0.183. The van der Waals surface area contributed by atoms with Crippen LogP contribution < -0.4 is 10.1 Å². The van der Waals surface area contributed by atoms with E-state index in [1.165, 1.54) is 18.2 Å². The molecule has 1 aliphatic rings. The van der Waals surface area contributed by atoms with Gasteiger partial charge in [0.25, 0.3) is 0 Å². The summed E-state index contributed by atoms with van der Waals surface area (Å²) in [5.74, 6) is -0.754. The van der Waals surface area contributed by atoms with Gasteiger partial charge in [-0.15, -0.1) is 0 Å². The maximum atomic E-state index is 11.6. The van der Waals surface area contributed by atoms with Crippen LogP contribution in [0.3, 0.4) is 0 Å². The number of hydrogen-bond donors (Lipinski definition) is 2. The fourth-order valence-electron chi connectivity index (χ4n) is 1.51. The van der Waals surface area contributed by atoms with Crippen LogP contribution in [0.4, 0.5) is 4.79 Å². The molecule has 1 unspecified atom stereocenters. The Bertz CT molecular complexity index is 603. The molecular formula is C11H11I2NO6. The molecule has 0 aliphatic carbocycles.